The molecule has 5 rings (SSSR count). The summed E-state index contributed by atoms with van der Waals surface area (Å²) in [6.45, 7) is 19.2. The predicted molar refractivity (Wildman–Crippen MR) is 131 cm³/mol. The van der Waals surface area contributed by atoms with E-state index >= 15 is 0 Å². The van der Waals surface area contributed by atoms with Crippen LogP contribution in [0.4, 0.5) is 0 Å². The van der Waals surface area contributed by atoms with E-state index in [1.165, 1.54) is 44.9 Å². The fraction of sp³-hybridized carbons (Fsp3) is 0.933. The van der Waals surface area contributed by atoms with Crippen molar-refractivity contribution < 1.29 is 14.3 Å². The Kier molecular flexibility index (Phi) is 5.13. The zero-order chi connectivity index (χ0) is 24.2. The summed E-state index contributed by atoms with van der Waals surface area (Å²) >= 11 is 0. The lowest BCUT2D eigenvalue weighted by Gasteiger charge is -2.71. The second kappa shape index (κ2) is 7.10. The molecule has 3 nitrogen and oxygen atoms in total. The Balaban J connectivity index is 1.57. The van der Waals surface area contributed by atoms with Crippen molar-refractivity contribution in [2.45, 2.75) is 113 Å². The van der Waals surface area contributed by atoms with Gasteiger partial charge in [0.05, 0.1) is 11.8 Å². The molecule has 0 aromatic carbocycles. The maximum atomic E-state index is 12.9. The van der Waals surface area contributed by atoms with Gasteiger partial charge in [-0.3, -0.25) is 9.59 Å². The Hall–Kier alpha value is -0.860. The zero-order valence-corrected chi connectivity index (χ0v) is 22.6. The number of ether oxygens (including phenoxy) is 1. The van der Waals surface area contributed by atoms with Crippen molar-refractivity contribution in [1.82, 2.24) is 0 Å². The van der Waals surface area contributed by atoms with Crippen LogP contribution in [0.25, 0.3) is 0 Å². The molecule has 186 valence electrons. The quantitative estimate of drug-likeness (QED) is 0.304. The number of esters is 2. The third kappa shape index (κ3) is 2.92. The van der Waals surface area contributed by atoms with E-state index in [9.17, 15) is 9.59 Å². The van der Waals surface area contributed by atoms with Crippen LogP contribution in [0.3, 0.4) is 0 Å². The average molecular weight is 457 g/mol. The first-order valence-corrected chi connectivity index (χ1v) is 14.0. The molecule has 4 aliphatic carbocycles. The standard InChI is InChI=1S/C30H48O3/c1-18(2)19-11-13-27(5)15-16-29(7)20(24(19)27)9-10-22-28(6)17-23(31)33-25(32)26(3,4)21(28)12-14-30(22,29)8/h18-22,24H,9-17H2,1-8H3. The molecule has 5 aliphatic rings. The molecule has 0 aromatic rings. The molecule has 0 bridgehead atoms. The summed E-state index contributed by atoms with van der Waals surface area (Å²) in [5, 5.41) is 0. The van der Waals surface area contributed by atoms with Crippen LogP contribution in [0.5, 0.6) is 0 Å². The van der Waals surface area contributed by atoms with Crippen molar-refractivity contribution in [1.29, 1.82) is 0 Å². The fourth-order valence-electron chi connectivity index (χ4n) is 11.3. The molecule has 4 saturated carbocycles. The lowest BCUT2D eigenvalue weighted by atomic mass is 9.33. The van der Waals surface area contributed by atoms with Crippen LogP contribution in [0.2, 0.25) is 0 Å². The van der Waals surface area contributed by atoms with Gasteiger partial charge in [0, 0.05) is 0 Å². The first kappa shape index (κ1) is 23.9. The molecule has 5 fully saturated rings. The van der Waals surface area contributed by atoms with Gasteiger partial charge < -0.3 is 4.74 Å². The number of cyclic esters (lactones) is 2. The van der Waals surface area contributed by atoms with Crippen molar-refractivity contribution >= 4 is 11.9 Å². The van der Waals surface area contributed by atoms with Gasteiger partial charge >= 0.3 is 11.9 Å². The van der Waals surface area contributed by atoms with Gasteiger partial charge in [0.2, 0.25) is 0 Å². The summed E-state index contributed by atoms with van der Waals surface area (Å²) in [5.41, 5.74) is 0.289. The van der Waals surface area contributed by atoms with Crippen molar-refractivity contribution in [3.05, 3.63) is 0 Å². The van der Waals surface area contributed by atoms with E-state index in [0.29, 0.717) is 23.2 Å². The molecule has 1 aliphatic heterocycles. The Labute approximate surface area is 202 Å². The summed E-state index contributed by atoms with van der Waals surface area (Å²) in [6.07, 6.45) is 10.7. The van der Waals surface area contributed by atoms with Crippen LogP contribution < -0.4 is 0 Å². The van der Waals surface area contributed by atoms with Crippen LogP contribution in [0, 0.1) is 62.6 Å². The van der Waals surface area contributed by atoms with Crippen LogP contribution in [0.1, 0.15) is 113 Å². The molecular weight excluding hydrogens is 408 g/mol. The summed E-state index contributed by atoms with van der Waals surface area (Å²) in [6, 6.07) is 0. The van der Waals surface area contributed by atoms with Gasteiger partial charge in [0.1, 0.15) is 0 Å². The second-order valence-corrected chi connectivity index (χ2v) is 15.0. The SMILES string of the molecule is CC(C)C1CCC2(C)CCC3(C)C(CCC4C5(C)CC(=O)OC(=O)C(C)(C)C5CCC43C)C12. The van der Waals surface area contributed by atoms with Gasteiger partial charge in [-0.05, 0) is 122 Å². The number of hydrogen-bond donors (Lipinski definition) is 0. The number of hydrogen-bond acceptors (Lipinski definition) is 3. The van der Waals surface area contributed by atoms with Crippen LogP contribution in [-0.4, -0.2) is 11.9 Å². The van der Waals surface area contributed by atoms with E-state index in [1.807, 2.05) is 13.8 Å². The van der Waals surface area contributed by atoms with E-state index in [4.69, 9.17) is 4.74 Å². The third-order valence-electron chi connectivity index (χ3n) is 13.2. The maximum absolute atomic E-state index is 12.9. The van der Waals surface area contributed by atoms with Crippen molar-refractivity contribution in [2.75, 3.05) is 0 Å². The molecule has 1 heterocycles. The first-order valence-electron chi connectivity index (χ1n) is 14.0. The fourth-order valence-corrected chi connectivity index (χ4v) is 11.3. The van der Waals surface area contributed by atoms with E-state index in [0.717, 1.165) is 30.1 Å². The predicted octanol–water partition coefficient (Wildman–Crippen LogP) is 7.42. The third-order valence-corrected chi connectivity index (χ3v) is 13.2. The Bertz CT molecular complexity index is 859. The van der Waals surface area contributed by atoms with E-state index < -0.39 is 5.41 Å². The Morgan fingerprint density at radius 1 is 0.788 bits per heavy atom. The lowest BCUT2D eigenvalue weighted by Crippen LogP contribution is -2.65. The summed E-state index contributed by atoms with van der Waals surface area (Å²) < 4.78 is 5.36. The highest BCUT2D eigenvalue weighted by Crippen LogP contribution is 2.76. The van der Waals surface area contributed by atoms with Crippen molar-refractivity contribution in [2.24, 2.45) is 62.6 Å². The number of carbonyl (C=O) groups is 2. The molecule has 33 heavy (non-hydrogen) atoms. The smallest absolute Gasteiger partial charge is 0.319 e. The Morgan fingerprint density at radius 2 is 1.48 bits per heavy atom. The largest absolute Gasteiger partial charge is 0.393 e. The molecule has 9 atom stereocenters. The zero-order valence-electron chi connectivity index (χ0n) is 22.6. The van der Waals surface area contributed by atoms with Crippen molar-refractivity contribution in [3.63, 3.8) is 0 Å². The minimum Gasteiger partial charge on any atom is -0.393 e. The topological polar surface area (TPSA) is 43.4 Å². The normalized spacial score (nSPS) is 53.4. The molecule has 3 heteroatoms. The molecule has 0 radical (unpaired) electrons. The molecule has 0 aromatic heterocycles. The van der Waals surface area contributed by atoms with Gasteiger partial charge in [0.25, 0.3) is 0 Å². The second-order valence-electron chi connectivity index (χ2n) is 15.0. The van der Waals surface area contributed by atoms with E-state index in [2.05, 4.69) is 41.5 Å². The van der Waals surface area contributed by atoms with Crippen LogP contribution >= 0.6 is 0 Å². The van der Waals surface area contributed by atoms with E-state index in [1.54, 1.807) is 0 Å². The monoisotopic (exact) mass is 456 g/mol. The molecule has 0 amide bonds. The van der Waals surface area contributed by atoms with Crippen molar-refractivity contribution in [3.8, 4) is 0 Å². The minimum absolute atomic E-state index is 0.165. The van der Waals surface area contributed by atoms with Gasteiger partial charge in [0.15, 0.2) is 0 Å². The van der Waals surface area contributed by atoms with Crippen LogP contribution in [0.15, 0.2) is 0 Å². The average Bonchev–Trinajstić information content (AvgIpc) is 3.03. The highest BCUT2D eigenvalue weighted by atomic mass is 16.6. The summed E-state index contributed by atoms with van der Waals surface area (Å²) in [7, 11) is 0. The number of fused-ring (bicyclic) bond motifs is 7. The maximum Gasteiger partial charge on any atom is 0.319 e. The highest BCUT2D eigenvalue weighted by Gasteiger charge is 2.70. The van der Waals surface area contributed by atoms with Gasteiger partial charge in [-0.1, -0.05) is 41.5 Å². The van der Waals surface area contributed by atoms with E-state index in [-0.39, 0.29) is 28.7 Å². The molecular formula is C30H48O3. The van der Waals surface area contributed by atoms with Gasteiger partial charge in [-0.2, -0.15) is 0 Å². The Morgan fingerprint density at radius 3 is 2.15 bits per heavy atom. The summed E-state index contributed by atoms with van der Waals surface area (Å²) in [4.78, 5) is 25.7. The van der Waals surface area contributed by atoms with Gasteiger partial charge in [-0.25, -0.2) is 0 Å². The number of carbonyl (C=O) groups excluding carboxylic acids is 2. The van der Waals surface area contributed by atoms with Crippen LogP contribution in [-0.2, 0) is 14.3 Å². The molecule has 0 N–H and O–H groups in total. The summed E-state index contributed by atoms with van der Waals surface area (Å²) in [5.74, 6) is 3.36. The van der Waals surface area contributed by atoms with Gasteiger partial charge in [-0.15, -0.1) is 0 Å². The molecule has 1 saturated heterocycles. The minimum atomic E-state index is -0.598. The lowest BCUT2D eigenvalue weighted by molar-refractivity contribution is -0.227. The molecule has 0 spiro atoms. The molecule has 9 unspecified atom stereocenters. The first-order chi connectivity index (χ1) is 15.2. The highest BCUT2D eigenvalue weighted by molar-refractivity contribution is 5.90. The number of rotatable bonds is 1.